The van der Waals surface area contributed by atoms with Crippen molar-refractivity contribution in [1.82, 2.24) is 15.3 Å². The summed E-state index contributed by atoms with van der Waals surface area (Å²) in [4.78, 5) is 20.1. The summed E-state index contributed by atoms with van der Waals surface area (Å²) in [6, 6.07) is 1.59. The SMILES string of the molecule is Cc1cc(C(=O)NC2(CO)CCCCC2)nc(Cl)n1. The van der Waals surface area contributed by atoms with E-state index in [0.29, 0.717) is 5.69 Å². The van der Waals surface area contributed by atoms with Crippen molar-refractivity contribution < 1.29 is 9.90 Å². The Balaban J connectivity index is 2.15. The molecule has 0 radical (unpaired) electrons. The van der Waals surface area contributed by atoms with Crippen LogP contribution in [0, 0.1) is 6.92 Å². The molecule has 0 unspecified atom stereocenters. The third kappa shape index (κ3) is 3.42. The second kappa shape index (κ2) is 5.84. The number of nitrogens with one attached hydrogen (secondary N) is 1. The van der Waals surface area contributed by atoms with Gasteiger partial charge in [0.05, 0.1) is 12.1 Å². The Morgan fingerprint density at radius 2 is 2.11 bits per heavy atom. The standard InChI is InChI=1S/C13H18ClN3O2/c1-9-7-10(16-12(14)15-9)11(19)17-13(8-18)5-3-2-4-6-13/h7,18H,2-6,8H2,1H3,(H,17,19). The van der Waals surface area contributed by atoms with Gasteiger partial charge in [0.2, 0.25) is 5.28 Å². The monoisotopic (exact) mass is 283 g/mol. The fourth-order valence-corrected chi connectivity index (χ4v) is 2.73. The van der Waals surface area contributed by atoms with Crippen molar-refractivity contribution in [2.75, 3.05) is 6.61 Å². The number of hydrogen-bond donors (Lipinski definition) is 2. The van der Waals surface area contributed by atoms with E-state index in [1.807, 2.05) is 0 Å². The van der Waals surface area contributed by atoms with E-state index in [0.717, 1.165) is 32.1 Å². The normalized spacial score (nSPS) is 18.1. The summed E-state index contributed by atoms with van der Waals surface area (Å²) in [6.07, 6.45) is 4.78. The molecule has 1 fully saturated rings. The van der Waals surface area contributed by atoms with E-state index < -0.39 is 5.54 Å². The number of aliphatic hydroxyl groups is 1. The molecule has 1 aliphatic carbocycles. The highest BCUT2D eigenvalue weighted by atomic mass is 35.5. The number of aryl methyl sites for hydroxylation is 1. The quantitative estimate of drug-likeness (QED) is 0.831. The zero-order chi connectivity index (χ0) is 13.9. The van der Waals surface area contributed by atoms with Crippen LogP contribution in [0.15, 0.2) is 6.07 Å². The fourth-order valence-electron chi connectivity index (χ4n) is 2.50. The molecule has 104 valence electrons. The first kappa shape index (κ1) is 14.2. The van der Waals surface area contributed by atoms with Crippen LogP contribution in [0.1, 0.15) is 48.3 Å². The number of amides is 1. The molecule has 5 nitrogen and oxygen atoms in total. The van der Waals surface area contributed by atoms with Crippen LogP contribution < -0.4 is 5.32 Å². The van der Waals surface area contributed by atoms with Gasteiger partial charge in [0.25, 0.3) is 5.91 Å². The number of carbonyl (C=O) groups is 1. The first-order valence-electron chi connectivity index (χ1n) is 6.49. The van der Waals surface area contributed by atoms with Crippen LogP contribution in [-0.2, 0) is 0 Å². The average molecular weight is 284 g/mol. The van der Waals surface area contributed by atoms with Crippen LogP contribution in [-0.4, -0.2) is 33.1 Å². The zero-order valence-electron chi connectivity index (χ0n) is 10.9. The van der Waals surface area contributed by atoms with Crippen molar-refractivity contribution >= 4 is 17.5 Å². The minimum absolute atomic E-state index is 0.0451. The van der Waals surface area contributed by atoms with Gasteiger partial charge in [-0.1, -0.05) is 19.3 Å². The number of halogens is 1. The van der Waals surface area contributed by atoms with Crippen LogP contribution in [0.4, 0.5) is 0 Å². The van der Waals surface area contributed by atoms with Crippen molar-refractivity contribution in [3.8, 4) is 0 Å². The molecule has 0 aromatic carbocycles. The summed E-state index contributed by atoms with van der Waals surface area (Å²) in [6.45, 7) is 1.71. The van der Waals surface area contributed by atoms with Gasteiger partial charge in [0.15, 0.2) is 0 Å². The molecule has 1 aromatic rings. The lowest BCUT2D eigenvalue weighted by atomic mass is 9.82. The summed E-state index contributed by atoms with van der Waals surface area (Å²) >= 11 is 5.75. The van der Waals surface area contributed by atoms with E-state index in [9.17, 15) is 9.90 Å². The molecule has 0 bridgehead atoms. The summed E-state index contributed by atoms with van der Waals surface area (Å²) in [5, 5.41) is 12.5. The second-order valence-electron chi connectivity index (χ2n) is 5.12. The van der Waals surface area contributed by atoms with Crippen LogP contribution >= 0.6 is 11.6 Å². The fraction of sp³-hybridized carbons (Fsp3) is 0.615. The maximum Gasteiger partial charge on any atom is 0.270 e. The van der Waals surface area contributed by atoms with Gasteiger partial charge in [-0.2, -0.15) is 0 Å². The maximum atomic E-state index is 12.2. The second-order valence-corrected chi connectivity index (χ2v) is 5.45. The summed E-state index contributed by atoms with van der Waals surface area (Å²) in [7, 11) is 0. The first-order chi connectivity index (χ1) is 9.04. The number of hydrogen-bond acceptors (Lipinski definition) is 4. The molecule has 1 saturated carbocycles. The molecular weight excluding hydrogens is 266 g/mol. The van der Waals surface area contributed by atoms with Crippen LogP contribution in [0.3, 0.4) is 0 Å². The molecular formula is C13H18ClN3O2. The number of aliphatic hydroxyl groups excluding tert-OH is 1. The van der Waals surface area contributed by atoms with Crippen molar-refractivity contribution in [2.24, 2.45) is 0 Å². The molecule has 2 rings (SSSR count). The van der Waals surface area contributed by atoms with E-state index in [-0.39, 0.29) is 23.5 Å². The highest BCUT2D eigenvalue weighted by molar-refractivity contribution is 6.28. The van der Waals surface area contributed by atoms with Gasteiger partial charge in [0.1, 0.15) is 5.69 Å². The van der Waals surface area contributed by atoms with E-state index in [1.54, 1.807) is 13.0 Å². The van der Waals surface area contributed by atoms with E-state index in [2.05, 4.69) is 15.3 Å². The highest BCUT2D eigenvalue weighted by Crippen LogP contribution is 2.28. The molecule has 1 aromatic heterocycles. The number of rotatable bonds is 3. The number of carbonyl (C=O) groups excluding carboxylic acids is 1. The molecule has 0 atom stereocenters. The molecule has 0 saturated heterocycles. The largest absolute Gasteiger partial charge is 0.394 e. The lowest BCUT2D eigenvalue weighted by Gasteiger charge is -2.36. The maximum absolute atomic E-state index is 12.2. The van der Waals surface area contributed by atoms with Crippen molar-refractivity contribution in [2.45, 2.75) is 44.6 Å². The highest BCUT2D eigenvalue weighted by Gasteiger charge is 2.33. The molecule has 1 amide bonds. The molecule has 1 aliphatic rings. The Hall–Kier alpha value is -1.20. The Kier molecular flexibility index (Phi) is 4.37. The third-order valence-corrected chi connectivity index (χ3v) is 3.72. The van der Waals surface area contributed by atoms with Gasteiger partial charge in [0, 0.05) is 5.69 Å². The first-order valence-corrected chi connectivity index (χ1v) is 6.87. The molecule has 0 aliphatic heterocycles. The molecule has 2 N–H and O–H groups in total. The Bertz CT molecular complexity index is 453. The summed E-state index contributed by atoms with van der Waals surface area (Å²) in [5.74, 6) is -0.302. The van der Waals surface area contributed by atoms with Crippen LogP contribution in [0.25, 0.3) is 0 Å². The predicted molar refractivity (Wildman–Crippen MR) is 72.1 cm³/mol. The summed E-state index contributed by atoms with van der Waals surface area (Å²) < 4.78 is 0. The van der Waals surface area contributed by atoms with Gasteiger partial charge in [-0.15, -0.1) is 0 Å². The lowest BCUT2D eigenvalue weighted by molar-refractivity contribution is 0.0753. The molecule has 19 heavy (non-hydrogen) atoms. The third-order valence-electron chi connectivity index (χ3n) is 3.55. The molecule has 1 heterocycles. The van der Waals surface area contributed by atoms with Gasteiger partial charge in [-0.25, -0.2) is 9.97 Å². The van der Waals surface area contributed by atoms with Crippen molar-refractivity contribution in [3.63, 3.8) is 0 Å². The minimum Gasteiger partial charge on any atom is -0.394 e. The number of aromatic nitrogens is 2. The minimum atomic E-state index is -0.513. The topological polar surface area (TPSA) is 75.1 Å². The van der Waals surface area contributed by atoms with Gasteiger partial charge < -0.3 is 10.4 Å². The Morgan fingerprint density at radius 3 is 2.68 bits per heavy atom. The van der Waals surface area contributed by atoms with E-state index in [1.165, 1.54) is 0 Å². The Morgan fingerprint density at radius 1 is 1.42 bits per heavy atom. The molecule has 0 spiro atoms. The van der Waals surface area contributed by atoms with Crippen molar-refractivity contribution in [3.05, 3.63) is 22.7 Å². The van der Waals surface area contributed by atoms with E-state index >= 15 is 0 Å². The van der Waals surface area contributed by atoms with Gasteiger partial charge >= 0.3 is 0 Å². The van der Waals surface area contributed by atoms with Gasteiger partial charge in [-0.3, -0.25) is 4.79 Å². The average Bonchev–Trinajstić information content (AvgIpc) is 2.38. The lowest BCUT2D eigenvalue weighted by Crippen LogP contribution is -2.52. The van der Waals surface area contributed by atoms with Gasteiger partial charge in [-0.05, 0) is 37.4 Å². The van der Waals surface area contributed by atoms with E-state index in [4.69, 9.17) is 11.6 Å². The van der Waals surface area contributed by atoms with Crippen LogP contribution in [0.2, 0.25) is 5.28 Å². The smallest absolute Gasteiger partial charge is 0.270 e. The molecule has 6 heteroatoms. The predicted octanol–water partition coefficient (Wildman–Crippen LogP) is 1.86. The van der Waals surface area contributed by atoms with Crippen molar-refractivity contribution in [1.29, 1.82) is 0 Å². The zero-order valence-corrected chi connectivity index (χ0v) is 11.7. The Labute approximate surface area is 117 Å². The van der Waals surface area contributed by atoms with Crippen LogP contribution in [0.5, 0.6) is 0 Å². The number of nitrogens with zero attached hydrogens (tertiary/aromatic N) is 2. The summed E-state index contributed by atoms with van der Waals surface area (Å²) in [5.41, 5.74) is 0.378.